The monoisotopic (exact) mass is 374 g/mol. The summed E-state index contributed by atoms with van der Waals surface area (Å²) in [6, 6.07) is 9.27. The largest absolute Gasteiger partial charge is 0.356 e. The number of anilines is 1. The van der Waals surface area contributed by atoms with Gasteiger partial charge in [0.25, 0.3) is 10.0 Å². The Balaban J connectivity index is 1.94. The van der Waals surface area contributed by atoms with E-state index in [9.17, 15) is 8.42 Å². The average molecular weight is 374 g/mol. The molecule has 4 rings (SSSR count). The predicted octanol–water partition coefficient (Wildman–Crippen LogP) is 4.16. The molecule has 0 fully saturated rings. The third-order valence-electron chi connectivity index (χ3n) is 4.55. The minimum atomic E-state index is -3.71. The highest BCUT2D eigenvalue weighted by Gasteiger charge is 2.39. The zero-order valence-corrected chi connectivity index (χ0v) is 15.8. The Morgan fingerprint density at radius 1 is 1.20 bits per heavy atom. The predicted molar refractivity (Wildman–Crippen MR) is 98.6 cm³/mol. The van der Waals surface area contributed by atoms with E-state index in [1.807, 2.05) is 45.0 Å². The summed E-state index contributed by atoms with van der Waals surface area (Å²) in [5.41, 5.74) is 2.45. The summed E-state index contributed by atoms with van der Waals surface area (Å²) in [7, 11) is -3.71. The molecule has 0 radical (unpaired) electrons. The van der Waals surface area contributed by atoms with Crippen molar-refractivity contribution in [3.63, 3.8) is 0 Å². The lowest BCUT2D eigenvalue weighted by Gasteiger charge is -2.25. The molecular weight excluding hydrogens is 356 g/mol. The van der Waals surface area contributed by atoms with E-state index in [1.54, 1.807) is 10.4 Å². The number of nitrogens with zero attached hydrogens (tertiary/aromatic N) is 2. The summed E-state index contributed by atoms with van der Waals surface area (Å²) < 4.78 is 34.1. The van der Waals surface area contributed by atoms with E-state index in [2.05, 4.69) is 5.16 Å². The Bertz CT molecular complexity index is 1040. The summed E-state index contributed by atoms with van der Waals surface area (Å²) in [6.07, 6.45) is 2.25. The van der Waals surface area contributed by atoms with Gasteiger partial charge in [-0.3, -0.25) is 4.31 Å². The van der Waals surface area contributed by atoms with E-state index in [-0.39, 0.29) is 6.04 Å². The Hall–Kier alpha value is -2.12. The molecule has 0 amide bonds. The first kappa shape index (κ1) is 16.4. The molecule has 0 bridgehead atoms. The van der Waals surface area contributed by atoms with Crippen molar-refractivity contribution in [1.29, 1.82) is 0 Å². The lowest BCUT2D eigenvalue weighted by atomic mass is 10.1. The van der Waals surface area contributed by atoms with Gasteiger partial charge < -0.3 is 4.52 Å². The molecule has 3 heterocycles. The van der Waals surface area contributed by atoms with Crippen LogP contribution in [0.2, 0.25) is 0 Å². The minimum absolute atomic E-state index is 0.121. The fourth-order valence-electron chi connectivity index (χ4n) is 3.61. The van der Waals surface area contributed by atoms with Gasteiger partial charge in [0.05, 0.1) is 17.4 Å². The van der Waals surface area contributed by atoms with Crippen LogP contribution in [0, 0.1) is 13.8 Å². The van der Waals surface area contributed by atoms with Gasteiger partial charge in [0.1, 0.15) is 4.90 Å². The number of rotatable bonds is 3. The zero-order chi connectivity index (χ0) is 17.8. The van der Waals surface area contributed by atoms with Crippen LogP contribution in [0.4, 0.5) is 5.69 Å². The van der Waals surface area contributed by atoms with Crippen molar-refractivity contribution < 1.29 is 12.9 Å². The molecule has 1 aliphatic heterocycles. The van der Waals surface area contributed by atoms with E-state index in [0.717, 1.165) is 27.4 Å². The van der Waals surface area contributed by atoms with Crippen molar-refractivity contribution in [2.45, 2.75) is 38.1 Å². The lowest BCUT2D eigenvalue weighted by molar-refractivity contribution is 0.431. The summed E-state index contributed by atoms with van der Waals surface area (Å²) in [6.45, 7) is 5.70. The van der Waals surface area contributed by atoms with Gasteiger partial charge in [-0.15, -0.1) is 11.3 Å². The number of hydrogen-bond donors (Lipinski definition) is 0. The molecule has 0 saturated carbocycles. The number of hydrogen-bond acceptors (Lipinski definition) is 5. The highest BCUT2D eigenvalue weighted by molar-refractivity contribution is 7.93. The van der Waals surface area contributed by atoms with Gasteiger partial charge in [-0.2, -0.15) is 0 Å². The molecule has 25 heavy (non-hydrogen) atoms. The summed E-state index contributed by atoms with van der Waals surface area (Å²) in [5.74, 6) is 0.487. The van der Waals surface area contributed by atoms with Crippen LogP contribution in [0.15, 0.2) is 45.9 Å². The van der Waals surface area contributed by atoms with Crippen LogP contribution in [0.1, 0.15) is 22.2 Å². The third-order valence-corrected chi connectivity index (χ3v) is 7.80. The van der Waals surface area contributed by atoms with Gasteiger partial charge in [-0.05, 0) is 38.8 Å². The molecule has 3 aromatic rings. The number of para-hydroxylation sites is 1. The Morgan fingerprint density at radius 2 is 1.96 bits per heavy atom. The topological polar surface area (TPSA) is 63.4 Å². The normalized spacial score (nSPS) is 17.1. The standard InChI is InChI=1S/C18H18N2O3S2/c1-11-10-14-6-4-5-7-15(14)20(11)25(21,22)18-13(3)24-12(2)17(18)16-8-9-19-23-16/h4-9,11H,10H2,1-3H3. The Morgan fingerprint density at radius 3 is 2.68 bits per heavy atom. The number of benzene rings is 1. The molecule has 1 aliphatic rings. The van der Waals surface area contributed by atoms with Crippen LogP contribution in [-0.4, -0.2) is 19.6 Å². The van der Waals surface area contributed by atoms with Crippen molar-refractivity contribution in [1.82, 2.24) is 5.16 Å². The minimum Gasteiger partial charge on any atom is -0.356 e. The summed E-state index contributed by atoms with van der Waals surface area (Å²) >= 11 is 1.47. The third kappa shape index (κ3) is 2.41. The number of fused-ring (bicyclic) bond motifs is 1. The van der Waals surface area contributed by atoms with Gasteiger partial charge in [0, 0.05) is 21.9 Å². The van der Waals surface area contributed by atoms with Gasteiger partial charge in [0.2, 0.25) is 0 Å². The maximum Gasteiger partial charge on any atom is 0.266 e. The van der Waals surface area contributed by atoms with E-state index < -0.39 is 10.0 Å². The number of thiophene rings is 1. The summed E-state index contributed by atoms with van der Waals surface area (Å²) in [5, 5.41) is 3.74. The highest BCUT2D eigenvalue weighted by Crippen LogP contribution is 2.44. The second-order valence-electron chi connectivity index (χ2n) is 6.28. The maximum atomic E-state index is 13.6. The Kier molecular flexibility index (Phi) is 3.73. The molecule has 0 saturated heterocycles. The van der Waals surface area contributed by atoms with Gasteiger partial charge in [0.15, 0.2) is 5.76 Å². The molecule has 0 spiro atoms. The fourth-order valence-corrected chi connectivity index (χ4v) is 7.13. The SMILES string of the molecule is Cc1sc(C)c(S(=O)(=O)N2c3ccccc3CC2C)c1-c1ccno1. The van der Waals surface area contributed by atoms with Crippen molar-refractivity contribution in [3.05, 3.63) is 51.8 Å². The Labute approximate surface area is 150 Å². The molecule has 2 aromatic heterocycles. The zero-order valence-electron chi connectivity index (χ0n) is 14.2. The van der Waals surface area contributed by atoms with Gasteiger partial charge in [-0.25, -0.2) is 8.42 Å². The second-order valence-corrected chi connectivity index (χ2v) is 9.46. The van der Waals surface area contributed by atoms with Crippen LogP contribution < -0.4 is 4.31 Å². The van der Waals surface area contributed by atoms with Gasteiger partial charge in [-0.1, -0.05) is 23.4 Å². The molecule has 130 valence electrons. The second kappa shape index (κ2) is 5.71. The quantitative estimate of drug-likeness (QED) is 0.690. The van der Waals surface area contributed by atoms with Crippen LogP contribution in [0.3, 0.4) is 0 Å². The molecular formula is C18H18N2O3S2. The molecule has 1 aromatic carbocycles. The van der Waals surface area contributed by atoms with Crippen molar-refractivity contribution >= 4 is 27.0 Å². The van der Waals surface area contributed by atoms with E-state index in [0.29, 0.717) is 16.2 Å². The molecule has 1 atom stereocenters. The molecule has 0 aliphatic carbocycles. The number of aryl methyl sites for hydroxylation is 2. The van der Waals surface area contributed by atoms with Crippen molar-refractivity contribution in [2.24, 2.45) is 0 Å². The molecule has 5 nitrogen and oxygen atoms in total. The van der Waals surface area contributed by atoms with Crippen LogP contribution in [-0.2, 0) is 16.4 Å². The van der Waals surface area contributed by atoms with Crippen LogP contribution in [0.5, 0.6) is 0 Å². The van der Waals surface area contributed by atoms with E-state index in [1.165, 1.54) is 17.5 Å². The lowest BCUT2D eigenvalue weighted by Crippen LogP contribution is -2.36. The first-order valence-corrected chi connectivity index (χ1v) is 10.3. The van der Waals surface area contributed by atoms with Crippen molar-refractivity contribution in [3.8, 4) is 11.3 Å². The first-order valence-electron chi connectivity index (χ1n) is 8.04. The van der Waals surface area contributed by atoms with Crippen LogP contribution >= 0.6 is 11.3 Å². The molecule has 0 N–H and O–H groups in total. The number of sulfonamides is 1. The smallest absolute Gasteiger partial charge is 0.266 e. The average Bonchev–Trinajstić information content (AvgIpc) is 3.23. The molecule has 7 heteroatoms. The first-order chi connectivity index (χ1) is 11.9. The molecule has 1 unspecified atom stereocenters. The number of aromatic nitrogens is 1. The van der Waals surface area contributed by atoms with Gasteiger partial charge >= 0.3 is 0 Å². The fraction of sp³-hybridized carbons (Fsp3) is 0.278. The highest BCUT2D eigenvalue weighted by atomic mass is 32.2. The summed E-state index contributed by atoms with van der Waals surface area (Å²) in [4.78, 5) is 2.00. The van der Waals surface area contributed by atoms with Crippen LogP contribution in [0.25, 0.3) is 11.3 Å². The van der Waals surface area contributed by atoms with Crippen molar-refractivity contribution in [2.75, 3.05) is 4.31 Å². The maximum absolute atomic E-state index is 13.6. The van der Waals surface area contributed by atoms with E-state index >= 15 is 0 Å². The van der Waals surface area contributed by atoms with E-state index in [4.69, 9.17) is 4.52 Å².